The van der Waals surface area contributed by atoms with Crippen molar-refractivity contribution < 1.29 is 4.92 Å². The van der Waals surface area contributed by atoms with E-state index in [0.717, 1.165) is 31.4 Å². The molecule has 0 radical (unpaired) electrons. The predicted octanol–water partition coefficient (Wildman–Crippen LogP) is 3.68. The van der Waals surface area contributed by atoms with Crippen molar-refractivity contribution in [3.05, 3.63) is 28.1 Å². The summed E-state index contributed by atoms with van der Waals surface area (Å²) in [5.74, 6) is 0. The van der Waals surface area contributed by atoms with Crippen LogP contribution in [-0.2, 0) is 0 Å². The molecule has 0 amide bonds. The summed E-state index contributed by atoms with van der Waals surface area (Å²) in [6.07, 6.45) is 5.50. The van der Waals surface area contributed by atoms with Gasteiger partial charge in [-0.05, 0) is 25.8 Å². The monoisotopic (exact) mass is 251 g/mol. The fraction of sp³-hybridized carbons (Fsp3) is 0.615. The molecule has 0 fully saturated rings. The Kier molecular flexibility index (Phi) is 5.55. The molecule has 100 valence electrons. The molecule has 0 aromatic carbocycles. The van der Waals surface area contributed by atoms with E-state index in [2.05, 4.69) is 24.1 Å². The summed E-state index contributed by atoms with van der Waals surface area (Å²) in [7, 11) is 0. The number of aryl methyl sites for hydroxylation is 1. The quantitative estimate of drug-likeness (QED) is 0.593. The molecule has 1 N–H and O–H groups in total. The molecule has 18 heavy (non-hydrogen) atoms. The Bertz CT molecular complexity index is 401. The number of nitro groups is 1. The van der Waals surface area contributed by atoms with E-state index >= 15 is 0 Å². The summed E-state index contributed by atoms with van der Waals surface area (Å²) in [6.45, 7) is 6.08. The van der Waals surface area contributed by atoms with Crippen LogP contribution in [0.1, 0.15) is 45.2 Å². The molecule has 0 saturated carbocycles. The van der Waals surface area contributed by atoms with Gasteiger partial charge >= 0.3 is 5.69 Å². The number of anilines is 1. The molecule has 0 aliphatic heterocycles. The Labute approximate surface area is 108 Å². The van der Waals surface area contributed by atoms with E-state index in [0.29, 0.717) is 11.7 Å². The normalized spacial score (nSPS) is 10.7. The molecule has 0 atom stereocenters. The number of hydrogen-bond donors (Lipinski definition) is 1. The second kappa shape index (κ2) is 6.93. The largest absolute Gasteiger partial charge is 0.377 e. The first-order chi connectivity index (χ1) is 8.58. The third-order valence-electron chi connectivity index (χ3n) is 2.85. The molecule has 0 saturated heterocycles. The Morgan fingerprint density at radius 1 is 1.39 bits per heavy atom. The average molecular weight is 251 g/mol. The molecule has 0 unspecified atom stereocenters. The highest BCUT2D eigenvalue weighted by Gasteiger charge is 2.17. The minimum atomic E-state index is -0.385. The molecule has 0 spiro atoms. The first kappa shape index (κ1) is 14.4. The average Bonchev–Trinajstić information content (AvgIpc) is 2.29. The van der Waals surface area contributed by atoms with Crippen molar-refractivity contribution >= 4 is 11.4 Å². The van der Waals surface area contributed by atoms with Gasteiger partial charge < -0.3 is 5.32 Å². The molecule has 0 bridgehead atoms. The van der Waals surface area contributed by atoms with Crippen molar-refractivity contribution in [3.8, 4) is 0 Å². The minimum absolute atomic E-state index is 0.0535. The number of pyridine rings is 1. The third kappa shape index (κ3) is 3.98. The van der Waals surface area contributed by atoms with E-state index in [1.165, 1.54) is 6.20 Å². The Balaban J connectivity index is 2.92. The molecule has 1 aromatic rings. The van der Waals surface area contributed by atoms with Gasteiger partial charge in [0, 0.05) is 11.7 Å². The van der Waals surface area contributed by atoms with Crippen LogP contribution in [0.2, 0.25) is 0 Å². The van der Waals surface area contributed by atoms with E-state index in [-0.39, 0.29) is 10.6 Å². The molecule has 0 aliphatic carbocycles. The van der Waals surface area contributed by atoms with Gasteiger partial charge in [0.2, 0.25) is 0 Å². The molecule has 1 rings (SSSR count). The van der Waals surface area contributed by atoms with E-state index < -0.39 is 0 Å². The van der Waals surface area contributed by atoms with Gasteiger partial charge in [0.15, 0.2) is 0 Å². The number of hydrogen-bond acceptors (Lipinski definition) is 4. The highest BCUT2D eigenvalue weighted by molar-refractivity contribution is 5.61. The summed E-state index contributed by atoms with van der Waals surface area (Å²) >= 11 is 0. The van der Waals surface area contributed by atoms with Crippen LogP contribution in [0.25, 0.3) is 0 Å². The van der Waals surface area contributed by atoms with Gasteiger partial charge in [0.25, 0.3) is 0 Å². The highest BCUT2D eigenvalue weighted by Crippen LogP contribution is 2.25. The van der Waals surface area contributed by atoms with Crippen molar-refractivity contribution in [2.45, 2.75) is 52.5 Å². The van der Waals surface area contributed by atoms with Crippen LogP contribution in [0.3, 0.4) is 0 Å². The molecule has 1 heterocycles. The van der Waals surface area contributed by atoms with Crippen molar-refractivity contribution in [3.63, 3.8) is 0 Å². The maximum atomic E-state index is 11.0. The first-order valence-corrected chi connectivity index (χ1v) is 6.46. The van der Waals surface area contributed by atoms with E-state index in [1.54, 1.807) is 6.07 Å². The van der Waals surface area contributed by atoms with E-state index in [4.69, 9.17) is 0 Å². The summed E-state index contributed by atoms with van der Waals surface area (Å²) in [5, 5.41) is 14.2. The Hall–Kier alpha value is -1.65. The minimum Gasteiger partial charge on any atom is -0.377 e. The van der Waals surface area contributed by atoms with Gasteiger partial charge in [-0.2, -0.15) is 0 Å². The lowest BCUT2D eigenvalue weighted by Crippen LogP contribution is -2.19. The van der Waals surface area contributed by atoms with Crippen molar-refractivity contribution in [1.29, 1.82) is 0 Å². The Morgan fingerprint density at radius 2 is 2.00 bits per heavy atom. The number of rotatable bonds is 7. The van der Waals surface area contributed by atoms with Crippen LogP contribution >= 0.6 is 0 Å². The zero-order chi connectivity index (χ0) is 13.5. The zero-order valence-corrected chi connectivity index (χ0v) is 11.3. The molecule has 5 nitrogen and oxygen atoms in total. The molecular formula is C13H21N3O2. The van der Waals surface area contributed by atoms with Crippen molar-refractivity contribution in [2.24, 2.45) is 0 Å². The topological polar surface area (TPSA) is 68.1 Å². The predicted molar refractivity (Wildman–Crippen MR) is 72.9 cm³/mol. The van der Waals surface area contributed by atoms with Gasteiger partial charge in [0.05, 0.1) is 4.92 Å². The fourth-order valence-corrected chi connectivity index (χ4v) is 2.02. The van der Waals surface area contributed by atoms with Gasteiger partial charge in [0.1, 0.15) is 11.9 Å². The third-order valence-corrected chi connectivity index (χ3v) is 2.85. The number of nitrogens with zero attached hydrogens (tertiary/aromatic N) is 2. The molecule has 5 heteroatoms. The van der Waals surface area contributed by atoms with E-state index in [1.807, 2.05) is 6.92 Å². The lowest BCUT2D eigenvalue weighted by atomic mass is 10.1. The van der Waals surface area contributed by atoms with Crippen LogP contribution in [0.15, 0.2) is 12.3 Å². The number of nitrogens with one attached hydrogen (secondary N) is 1. The molecule has 1 aromatic heterocycles. The van der Waals surface area contributed by atoms with Gasteiger partial charge in [-0.3, -0.25) is 15.1 Å². The smallest absolute Gasteiger partial charge is 0.310 e. The van der Waals surface area contributed by atoms with Crippen molar-refractivity contribution in [1.82, 2.24) is 4.98 Å². The lowest BCUT2D eigenvalue weighted by molar-refractivity contribution is -0.384. The van der Waals surface area contributed by atoms with E-state index in [9.17, 15) is 10.1 Å². The van der Waals surface area contributed by atoms with Gasteiger partial charge in [-0.25, -0.2) is 0 Å². The molecule has 0 aliphatic rings. The van der Waals surface area contributed by atoms with Crippen LogP contribution in [0.5, 0.6) is 0 Å². The summed E-state index contributed by atoms with van der Waals surface area (Å²) in [5.41, 5.74) is 1.42. The first-order valence-electron chi connectivity index (χ1n) is 6.46. The van der Waals surface area contributed by atoms with Gasteiger partial charge in [-0.15, -0.1) is 0 Å². The van der Waals surface area contributed by atoms with Crippen LogP contribution in [-0.4, -0.2) is 15.9 Å². The van der Waals surface area contributed by atoms with Crippen LogP contribution < -0.4 is 5.32 Å². The molecular weight excluding hydrogens is 230 g/mol. The fourth-order valence-electron chi connectivity index (χ4n) is 2.02. The SMILES string of the molecule is CCCC(CCC)Nc1cc(C)ncc1[N+](=O)[O-]. The standard InChI is InChI=1S/C13H21N3O2/c1-4-6-11(7-5-2)15-12-8-10(3)14-9-13(12)16(17)18/h8-9,11H,4-7H2,1-3H3,(H,14,15). The summed E-state index contributed by atoms with van der Waals surface area (Å²) < 4.78 is 0. The lowest BCUT2D eigenvalue weighted by Gasteiger charge is -2.18. The Morgan fingerprint density at radius 3 is 2.50 bits per heavy atom. The second-order valence-corrected chi connectivity index (χ2v) is 4.52. The highest BCUT2D eigenvalue weighted by atomic mass is 16.6. The van der Waals surface area contributed by atoms with Crippen LogP contribution in [0, 0.1) is 17.0 Å². The summed E-state index contributed by atoms with van der Waals surface area (Å²) in [6, 6.07) is 2.04. The maximum absolute atomic E-state index is 11.0. The maximum Gasteiger partial charge on any atom is 0.310 e. The van der Waals surface area contributed by atoms with Gasteiger partial charge in [-0.1, -0.05) is 26.7 Å². The van der Waals surface area contributed by atoms with Crippen molar-refractivity contribution in [2.75, 3.05) is 5.32 Å². The second-order valence-electron chi connectivity index (χ2n) is 4.52. The summed E-state index contributed by atoms with van der Waals surface area (Å²) in [4.78, 5) is 14.5. The van der Waals surface area contributed by atoms with Crippen LogP contribution in [0.4, 0.5) is 11.4 Å². The zero-order valence-electron chi connectivity index (χ0n) is 11.3. The number of aromatic nitrogens is 1.